The van der Waals surface area contributed by atoms with E-state index in [1.165, 1.54) is 44.4 Å². The van der Waals surface area contributed by atoms with E-state index >= 15 is 0 Å². The van der Waals surface area contributed by atoms with Crippen molar-refractivity contribution >= 4 is 21.6 Å². The zero-order valence-corrected chi connectivity index (χ0v) is 18.8. The summed E-state index contributed by atoms with van der Waals surface area (Å²) in [6.07, 6.45) is -2.55. The van der Waals surface area contributed by atoms with Crippen molar-refractivity contribution in [3.63, 3.8) is 0 Å². The summed E-state index contributed by atoms with van der Waals surface area (Å²) >= 11 is 0. The van der Waals surface area contributed by atoms with Crippen LogP contribution in [-0.4, -0.2) is 52.4 Å². The molecule has 1 fully saturated rings. The van der Waals surface area contributed by atoms with Crippen LogP contribution in [0.2, 0.25) is 0 Å². The molecule has 3 rings (SSSR count). The summed E-state index contributed by atoms with van der Waals surface area (Å²) in [5.41, 5.74) is 0.169. The third kappa shape index (κ3) is 5.24. The summed E-state index contributed by atoms with van der Waals surface area (Å²) in [6.45, 7) is 1.48. The predicted molar refractivity (Wildman–Crippen MR) is 116 cm³/mol. The number of nitrogens with one attached hydrogen (secondary N) is 1. The van der Waals surface area contributed by atoms with Gasteiger partial charge in [0.2, 0.25) is 10.0 Å². The van der Waals surface area contributed by atoms with Gasteiger partial charge in [0, 0.05) is 39.4 Å². The van der Waals surface area contributed by atoms with E-state index in [2.05, 4.69) is 5.32 Å². The van der Waals surface area contributed by atoms with Crippen LogP contribution in [0.3, 0.4) is 0 Å². The molecule has 1 heterocycles. The summed E-state index contributed by atoms with van der Waals surface area (Å²) in [5, 5.41) is 2.66. The van der Waals surface area contributed by atoms with Gasteiger partial charge in [0.25, 0.3) is 5.91 Å². The van der Waals surface area contributed by atoms with E-state index in [-0.39, 0.29) is 29.0 Å². The van der Waals surface area contributed by atoms with Gasteiger partial charge in [0.1, 0.15) is 0 Å². The van der Waals surface area contributed by atoms with Gasteiger partial charge in [-0.3, -0.25) is 4.79 Å². The van der Waals surface area contributed by atoms with Crippen molar-refractivity contribution in [3.05, 3.63) is 59.2 Å². The number of carbonyl (C=O) groups excluding carboxylic acids is 1. The van der Waals surface area contributed by atoms with Gasteiger partial charge < -0.3 is 10.2 Å². The average Bonchev–Trinajstić information content (AvgIpc) is 3.27. The summed E-state index contributed by atoms with van der Waals surface area (Å²) < 4.78 is 65.7. The van der Waals surface area contributed by atoms with Crippen LogP contribution in [0.1, 0.15) is 34.3 Å². The molecule has 1 aliphatic rings. The Kier molecular flexibility index (Phi) is 7.14. The molecule has 1 saturated heterocycles. The smallest absolute Gasteiger partial charge is 0.371 e. The number of nitrogens with zero attached hydrogens (tertiary/aromatic N) is 2. The standard InChI is InChI=1S/C22H26F3N3O3S/c1-27(2)32(30,31)17-9-10-20(28-13-5-6-14-28)18(15-17)21(29)26-12-11-16-7-3-4-8-19(16)22(23,24)25/h3-4,7-10,15H,5-6,11-14H2,1-2H3,(H,26,29). The Hall–Kier alpha value is -2.59. The molecule has 0 aromatic heterocycles. The number of anilines is 1. The van der Waals surface area contributed by atoms with Crippen molar-refractivity contribution in [1.82, 2.24) is 9.62 Å². The molecule has 6 nitrogen and oxygen atoms in total. The quantitative estimate of drug-likeness (QED) is 0.674. The molecule has 174 valence electrons. The number of benzene rings is 2. The number of carbonyl (C=O) groups is 1. The van der Waals surface area contributed by atoms with Gasteiger partial charge in [0.15, 0.2) is 0 Å². The van der Waals surface area contributed by atoms with Crippen LogP contribution in [0, 0.1) is 0 Å². The van der Waals surface area contributed by atoms with Crippen LogP contribution >= 0.6 is 0 Å². The molecule has 1 aliphatic heterocycles. The van der Waals surface area contributed by atoms with E-state index in [0.717, 1.165) is 36.3 Å². The number of rotatable bonds is 7. The van der Waals surface area contributed by atoms with Crippen molar-refractivity contribution in [3.8, 4) is 0 Å². The lowest BCUT2D eigenvalue weighted by atomic mass is 10.0. The monoisotopic (exact) mass is 469 g/mol. The number of hydrogen-bond donors (Lipinski definition) is 1. The van der Waals surface area contributed by atoms with Crippen molar-refractivity contribution in [2.45, 2.75) is 30.3 Å². The maximum absolute atomic E-state index is 13.2. The van der Waals surface area contributed by atoms with Crippen molar-refractivity contribution < 1.29 is 26.4 Å². The summed E-state index contributed by atoms with van der Waals surface area (Å²) in [7, 11) is -0.940. The molecule has 0 saturated carbocycles. The zero-order valence-electron chi connectivity index (χ0n) is 17.9. The molecule has 1 amide bonds. The van der Waals surface area contributed by atoms with Gasteiger partial charge in [-0.15, -0.1) is 0 Å². The highest BCUT2D eigenvalue weighted by Crippen LogP contribution is 2.32. The Morgan fingerprint density at radius 2 is 1.75 bits per heavy atom. The fraction of sp³-hybridized carbons (Fsp3) is 0.409. The van der Waals surface area contributed by atoms with Gasteiger partial charge in [0.05, 0.1) is 16.0 Å². The summed E-state index contributed by atoms with van der Waals surface area (Å²) in [6, 6.07) is 9.67. The zero-order chi connectivity index (χ0) is 23.5. The second kappa shape index (κ2) is 9.50. The van der Waals surface area contributed by atoms with E-state index in [1.54, 1.807) is 6.07 Å². The van der Waals surface area contributed by atoms with Gasteiger partial charge in [-0.25, -0.2) is 12.7 Å². The maximum Gasteiger partial charge on any atom is 0.416 e. The van der Waals surface area contributed by atoms with Crippen LogP contribution in [0.4, 0.5) is 18.9 Å². The molecule has 10 heteroatoms. The normalized spacial score (nSPS) is 14.8. The second-order valence-electron chi connectivity index (χ2n) is 7.82. The first-order valence-corrected chi connectivity index (χ1v) is 11.7. The van der Waals surface area contributed by atoms with Gasteiger partial charge in [-0.2, -0.15) is 13.2 Å². The Morgan fingerprint density at radius 3 is 2.38 bits per heavy atom. The fourth-order valence-corrected chi connectivity index (χ4v) is 4.65. The van der Waals surface area contributed by atoms with Crippen molar-refractivity contribution in [2.75, 3.05) is 38.6 Å². The Labute approximate surface area is 186 Å². The molecule has 32 heavy (non-hydrogen) atoms. The van der Waals surface area contributed by atoms with E-state index in [1.807, 2.05) is 4.90 Å². The molecular weight excluding hydrogens is 443 g/mol. The van der Waals surface area contributed by atoms with E-state index in [4.69, 9.17) is 0 Å². The predicted octanol–water partition coefficient (Wildman–Crippen LogP) is 3.53. The lowest BCUT2D eigenvalue weighted by molar-refractivity contribution is -0.138. The van der Waals surface area contributed by atoms with Crippen LogP contribution in [0.15, 0.2) is 47.4 Å². The Balaban J connectivity index is 1.83. The lowest BCUT2D eigenvalue weighted by Crippen LogP contribution is -2.30. The highest BCUT2D eigenvalue weighted by Gasteiger charge is 2.32. The van der Waals surface area contributed by atoms with Crippen LogP contribution < -0.4 is 10.2 Å². The molecule has 0 unspecified atom stereocenters. The minimum absolute atomic E-state index is 0.00381. The lowest BCUT2D eigenvalue weighted by Gasteiger charge is -2.22. The molecule has 1 N–H and O–H groups in total. The first-order valence-electron chi connectivity index (χ1n) is 10.3. The first kappa shape index (κ1) is 24.1. The van der Waals surface area contributed by atoms with E-state index in [9.17, 15) is 26.4 Å². The van der Waals surface area contributed by atoms with Gasteiger partial charge in [-0.1, -0.05) is 18.2 Å². The van der Waals surface area contributed by atoms with Crippen LogP contribution in [0.5, 0.6) is 0 Å². The molecule has 2 aromatic carbocycles. The van der Waals surface area contributed by atoms with Crippen molar-refractivity contribution in [2.24, 2.45) is 0 Å². The van der Waals surface area contributed by atoms with Crippen LogP contribution in [-0.2, 0) is 22.6 Å². The van der Waals surface area contributed by atoms with E-state index < -0.39 is 27.7 Å². The third-order valence-electron chi connectivity index (χ3n) is 5.44. The third-order valence-corrected chi connectivity index (χ3v) is 7.25. The molecule has 0 bridgehead atoms. The van der Waals surface area contributed by atoms with Gasteiger partial charge in [-0.05, 0) is 49.1 Å². The summed E-state index contributed by atoms with van der Waals surface area (Å²) in [4.78, 5) is 15.0. The Morgan fingerprint density at radius 1 is 1.09 bits per heavy atom. The highest BCUT2D eigenvalue weighted by molar-refractivity contribution is 7.89. The highest BCUT2D eigenvalue weighted by atomic mass is 32.2. The van der Waals surface area contributed by atoms with Crippen LogP contribution in [0.25, 0.3) is 0 Å². The maximum atomic E-state index is 13.2. The molecule has 0 spiro atoms. The number of alkyl halides is 3. The fourth-order valence-electron chi connectivity index (χ4n) is 3.72. The van der Waals surface area contributed by atoms with Gasteiger partial charge >= 0.3 is 6.18 Å². The number of halogens is 3. The molecule has 0 atom stereocenters. The van der Waals surface area contributed by atoms with Crippen molar-refractivity contribution in [1.29, 1.82) is 0 Å². The minimum Gasteiger partial charge on any atom is -0.371 e. The second-order valence-corrected chi connectivity index (χ2v) is 9.97. The SMILES string of the molecule is CN(C)S(=O)(=O)c1ccc(N2CCCC2)c(C(=O)NCCc2ccccc2C(F)(F)F)c1. The number of hydrogen-bond acceptors (Lipinski definition) is 4. The Bertz CT molecular complexity index is 1080. The number of sulfonamides is 1. The van der Waals surface area contributed by atoms with E-state index in [0.29, 0.717) is 5.69 Å². The number of amides is 1. The summed E-state index contributed by atoms with van der Waals surface area (Å²) in [5.74, 6) is -0.521. The molecule has 0 aliphatic carbocycles. The largest absolute Gasteiger partial charge is 0.416 e. The average molecular weight is 470 g/mol. The topological polar surface area (TPSA) is 69.7 Å². The molecule has 0 radical (unpaired) electrons. The first-order chi connectivity index (χ1) is 15.0. The molecule has 2 aromatic rings. The molecular formula is C22H26F3N3O3S. The minimum atomic E-state index is -4.47.